The number of aryl methyl sites for hydroxylation is 1. The smallest absolute Gasteiger partial charge is 0.270 e. The number of nitrogens with one attached hydrogen (secondary N) is 1. The zero-order valence-electron chi connectivity index (χ0n) is 14.5. The van der Waals surface area contributed by atoms with Crippen molar-refractivity contribution in [2.45, 2.75) is 33.2 Å². The van der Waals surface area contributed by atoms with E-state index in [1.807, 2.05) is 24.3 Å². The first-order valence-electron chi connectivity index (χ1n) is 8.66. The normalized spacial score (nSPS) is 15.3. The lowest BCUT2D eigenvalue weighted by Gasteiger charge is -2.32. The fourth-order valence-corrected chi connectivity index (χ4v) is 2.99. The van der Waals surface area contributed by atoms with Gasteiger partial charge in [0.2, 0.25) is 0 Å². The Morgan fingerprint density at radius 2 is 1.92 bits per heavy atom. The highest BCUT2D eigenvalue weighted by molar-refractivity contribution is 5.93. The van der Waals surface area contributed by atoms with Crippen molar-refractivity contribution < 1.29 is 4.79 Å². The molecule has 1 fully saturated rings. The minimum atomic E-state index is -0.122. The van der Waals surface area contributed by atoms with Crippen LogP contribution >= 0.6 is 0 Å². The molecule has 0 radical (unpaired) electrons. The molecule has 1 aliphatic heterocycles. The van der Waals surface area contributed by atoms with Crippen LogP contribution in [0.1, 0.15) is 41.4 Å². The van der Waals surface area contributed by atoms with Crippen LogP contribution in [0.15, 0.2) is 42.6 Å². The second kappa shape index (κ2) is 7.47. The molecule has 1 N–H and O–H groups in total. The summed E-state index contributed by atoms with van der Waals surface area (Å²) in [5.74, 6) is 0.670. The quantitative estimate of drug-likeness (QED) is 0.936. The molecule has 0 aliphatic carbocycles. The Morgan fingerprint density at radius 1 is 1.21 bits per heavy atom. The number of carbonyl (C=O) groups is 1. The largest absolute Gasteiger partial charge is 0.371 e. The van der Waals surface area contributed by atoms with Crippen LogP contribution in [0, 0.1) is 12.8 Å². The lowest BCUT2D eigenvalue weighted by molar-refractivity contribution is 0.0946. The van der Waals surface area contributed by atoms with Gasteiger partial charge in [0.1, 0.15) is 5.69 Å². The van der Waals surface area contributed by atoms with Crippen molar-refractivity contribution in [2.24, 2.45) is 5.92 Å². The lowest BCUT2D eigenvalue weighted by atomic mass is 9.99. The molecule has 1 saturated heterocycles. The summed E-state index contributed by atoms with van der Waals surface area (Å²) in [4.78, 5) is 19.0. The highest BCUT2D eigenvalue weighted by Gasteiger charge is 2.17. The van der Waals surface area contributed by atoms with Crippen LogP contribution in [0.4, 0.5) is 5.69 Å². The molecule has 1 aromatic carbocycles. The molecular formula is C20H25N3O. The Balaban J connectivity index is 1.62. The summed E-state index contributed by atoms with van der Waals surface area (Å²) in [6.07, 6.45) is 4.14. The molecule has 0 atom stereocenters. The molecule has 1 aliphatic rings. The second-order valence-electron chi connectivity index (χ2n) is 6.74. The van der Waals surface area contributed by atoms with E-state index >= 15 is 0 Å². The summed E-state index contributed by atoms with van der Waals surface area (Å²) >= 11 is 0. The molecule has 2 aromatic rings. The predicted octanol–water partition coefficient (Wildman–Crippen LogP) is 3.56. The summed E-state index contributed by atoms with van der Waals surface area (Å²) in [5.41, 5.74) is 3.89. The second-order valence-corrected chi connectivity index (χ2v) is 6.74. The minimum absolute atomic E-state index is 0.122. The third-order valence-electron chi connectivity index (χ3n) is 4.70. The fraction of sp³-hybridized carbons (Fsp3) is 0.400. The minimum Gasteiger partial charge on any atom is -0.371 e. The topological polar surface area (TPSA) is 45.2 Å². The summed E-state index contributed by atoms with van der Waals surface area (Å²) < 4.78 is 0. The van der Waals surface area contributed by atoms with Gasteiger partial charge < -0.3 is 10.2 Å². The van der Waals surface area contributed by atoms with E-state index in [1.165, 1.54) is 18.4 Å². The molecule has 0 unspecified atom stereocenters. The maximum atomic E-state index is 12.4. The number of hydrogen-bond donors (Lipinski definition) is 1. The standard InChI is InChI=1S/C20H25N3O/c1-15-3-5-17(6-4-15)14-22-20(24)19-13-18(7-10-21-19)23-11-8-16(2)9-12-23/h3-7,10,13,16H,8-9,11-12,14H2,1-2H3,(H,22,24). The first-order chi connectivity index (χ1) is 11.6. The van der Waals surface area contributed by atoms with Gasteiger partial charge in [-0.3, -0.25) is 9.78 Å². The van der Waals surface area contributed by atoms with Gasteiger partial charge in [-0.2, -0.15) is 0 Å². The maximum Gasteiger partial charge on any atom is 0.270 e. The fourth-order valence-electron chi connectivity index (χ4n) is 2.99. The van der Waals surface area contributed by atoms with Gasteiger partial charge in [0.15, 0.2) is 0 Å². The van der Waals surface area contributed by atoms with Gasteiger partial charge in [-0.05, 0) is 43.4 Å². The third kappa shape index (κ3) is 4.13. The van der Waals surface area contributed by atoms with Crippen LogP contribution in [0.5, 0.6) is 0 Å². The number of benzene rings is 1. The van der Waals surface area contributed by atoms with E-state index in [2.05, 4.69) is 41.2 Å². The number of piperidine rings is 1. The van der Waals surface area contributed by atoms with E-state index in [-0.39, 0.29) is 5.91 Å². The molecule has 0 saturated carbocycles. The van der Waals surface area contributed by atoms with E-state index in [9.17, 15) is 4.79 Å². The van der Waals surface area contributed by atoms with Crippen molar-refractivity contribution in [3.8, 4) is 0 Å². The Morgan fingerprint density at radius 3 is 2.62 bits per heavy atom. The van der Waals surface area contributed by atoms with Crippen molar-refractivity contribution in [1.82, 2.24) is 10.3 Å². The number of aromatic nitrogens is 1. The van der Waals surface area contributed by atoms with E-state index in [1.54, 1.807) is 6.20 Å². The number of hydrogen-bond acceptors (Lipinski definition) is 3. The molecule has 24 heavy (non-hydrogen) atoms. The lowest BCUT2D eigenvalue weighted by Crippen LogP contribution is -2.33. The third-order valence-corrected chi connectivity index (χ3v) is 4.70. The van der Waals surface area contributed by atoms with Crippen molar-refractivity contribution in [2.75, 3.05) is 18.0 Å². The predicted molar refractivity (Wildman–Crippen MR) is 97.2 cm³/mol. The van der Waals surface area contributed by atoms with Crippen LogP contribution in [0.3, 0.4) is 0 Å². The Kier molecular flexibility index (Phi) is 5.14. The summed E-state index contributed by atoms with van der Waals surface area (Å²) in [5, 5.41) is 2.95. The molecule has 0 spiro atoms. The van der Waals surface area contributed by atoms with Gasteiger partial charge >= 0.3 is 0 Å². The van der Waals surface area contributed by atoms with Crippen LogP contribution < -0.4 is 10.2 Å². The van der Waals surface area contributed by atoms with E-state index in [4.69, 9.17) is 0 Å². The first kappa shape index (κ1) is 16.5. The zero-order valence-corrected chi connectivity index (χ0v) is 14.5. The summed E-state index contributed by atoms with van der Waals surface area (Å²) in [6.45, 7) is 6.98. The average Bonchev–Trinajstić information content (AvgIpc) is 2.62. The number of rotatable bonds is 4. The van der Waals surface area contributed by atoms with E-state index < -0.39 is 0 Å². The number of pyridine rings is 1. The van der Waals surface area contributed by atoms with Crippen LogP contribution in [0.2, 0.25) is 0 Å². The molecule has 0 bridgehead atoms. The highest BCUT2D eigenvalue weighted by atomic mass is 16.1. The Hall–Kier alpha value is -2.36. The van der Waals surface area contributed by atoms with E-state index in [0.717, 1.165) is 30.3 Å². The number of carbonyl (C=O) groups excluding carboxylic acids is 1. The molecular weight excluding hydrogens is 298 g/mol. The van der Waals surface area contributed by atoms with Gasteiger partial charge in [0.25, 0.3) is 5.91 Å². The van der Waals surface area contributed by atoms with E-state index in [0.29, 0.717) is 12.2 Å². The van der Waals surface area contributed by atoms with Gasteiger partial charge in [0.05, 0.1) is 0 Å². The van der Waals surface area contributed by atoms with Crippen molar-refractivity contribution in [1.29, 1.82) is 0 Å². The number of amides is 1. The summed E-state index contributed by atoms with van der Waals surface area (Å²) in [6, 6.07) is 12.1. The molecule has 1 aromatic heterocycles. The van der Waals surface area contributed by atoms with Crippen molar-refractivity contribution in [3.63, 3.8) is 0 Å². The zero-order chi connectivity index (χ0) is 16.9. The molecule has 4 nitrogen and oxygen atoms in total. The Bertz CT molecular complexity index is 688. The van der Waals surface area contributed by atoms with Gasteiger partial charge in [-0.1, -0.05) is 36.8 Å². The maximum absolute atomic E-state index is 12.4. The van der Waals surface area contributed by atoms with Crippen LogP contribution in [0.25, 0.3) is 0 Å². The molecule has 4 heteroatoms. The van der Waals surface area contributed by atoms with Crippen LogP contribution in [-0.4, -0.2) is 24.0 Å². The number of nitrogens with zero attached hydrogens (tertiary/aromatic N) is 2. The van der Waals surface area contributed by atoms with Gasteiger partial charge in [0, 0.05) is 31.5 Å². The molecule has 1 amide bonds. The van der Waals surface area contributed by atoms with Crippen molar-refractivity contribution >= 4 is 11.6 Å². The number of anilines is 1. The molecule has 3 rings (SSSR count). The van der Waals surface area contributed by atoms with Gasteiger partial charge in [-0.25, -0.2) is 0 Å². The average molecular weight is 323 g/mol. The SMILES string of the molecule is Cc1ccc(CNC(=O)c2cc(N3CCC(C)CC3)ccn2)cc1. The highest BCUT2D eigenvalue weighted by Crippen LogP contribution is 2.23. The molecule has 126 valence electrons. The Labute approximate surface area is 143 Å². The first-order valence-corrected chi connectivity index (χ1v) is 8.66. The van der Waals surface area contributed by atoms with Crippen LogP contribution in [-0.2, 0) is 6.54 Å². The molecule has 2 heterocycles. The monoisotopic (exact) mass is 323 g/mol. The van der Waals surface area contributed by atoms with Crippen molar-refractivity contribution in [3.05, 3.63) is 59.4 Å². The van der Waals surface area contributed by atoms with Gasteiger partial charge in [-0.15, -0.1) is 0 Å². The summed E-state index contributed by atoms with van der Waals surface area (Å²) in [7, 11) is 0.